The number of hydrogen-bond acceptors (Lipinski definition) is 5. The van der Waals surface area contributed by atoms with Crippen LogP contribution in [0.4, 0.5) is 0 Å². The quantitative estimate of drug-likeness (QED) is 0.410. The Morgan fingerprint density at radius 3 is 2.89 bits per heavy atom. The summed E-state index contributed by atoms with van der Waals surface area (Å²) in [6, 6.07) is 10.8. The molecule has 138 valence electrons. The fourth-order valence-corrected chi connectivity index (χ4v) is 3.58. The molecule has 0 radical (unpaired) electrons. The van der Waals surface area contributed by atoms with Crippen LogP contribution < -0.4 is 9.47 Å². The van der Waals surface area contributed by atoms with Gasteiger partial charge in [0, 0.05) is 16.6 Å². The highest BCUT2D eigenvalue weighted by molar-refractivity contribution is 9.10. The summed E-state index contributed by atoms with van der Waals surface area (Å²) in [6.45, 7) is 2.34. The largest absolute Gasteiger partial charge is 0.452 e. The Hall–Kier alpha value is -2.44. The van der Waals surface area contributed by atoms with Crippen LogP contribution in [0.2, 0.25) is 0 Å². The van der Waals surface area contributed by atoms with Gasteiger partial charge in [0.25, 0.3) is 0 Å². The molecule has 0 amide bonds. The maximum atomic E-state index is 12.6. The van der Waals surface area contributed by atoms with E-state index in [2.05, 4.69) is 15.9 Å². The molecule has 1 unspecified atom stereocenters. The SMILES string of the molecule is Cc1c(OC(=O)C2CCCO2)ccc2c1O/C(=C\c1cccc(Br)c1)C2=O. The van der Waals surface area contributed by atoms with Gasteiger partial charge in [0.15, 0.2) is 11.9 Å². The molecule has 0 aliphatic carbocycles. The van der Waals surface area contributed by atoms with Gasteiger partial charge in [0.05, 0.1) is 5.56 Å². The van der Waals surface area contributed by atoms with Gasteiger partial charge in [-0.2, -0.15) is 0 Å². The van der Waals surface area contributed by atoms with Crippen molar-refractivity contribution in [2.45, 2.75) is 25.9 Å². The van der Waals surface area contributed by atoms with Crippen molar-refractivity contribution in [2.75, 3.05) is 6.61 Å². The summed E-state index contributed by atoms with van der Waals surface area (Å²) < 4.78 is 17.6. The van der Waals surface area contributed by atoms with Crippen molar-refractivity contribution in [1.29, 1.82) is 0 Å². The Bertz CT molecular complexity index is 957. The number of ether oxygens (including phenoxy) is 3. The first-order valence-electron chi connectivity index (χ1n) is 8.69. The van der Waals surface area contributed by atoms with E-state index in [-0.39, 0.29) is 11.5 Å². The lowest BCUT2D eigenvalue weighted by molar-refractivity contribution is -0.144. The van der Waals surface area contributed by atoms with Crippen molar-refractivity contribution >= 4 is 33.8 Å². The van der Waals surface area contributed by atoms with Gasteiger partial charge in [-0.05, 0) is 55.7 Å². The number of fused-ring (bicyclic) bond motifs is 1. The Balaban J connectivity index is 1.60. The third kappa shape index (κ3) is 3.55. The highest BCUT2D eigenvalue weighted by Gasteiger charge is 2.32. The minimum absolute atomic E-state index is 0.190. The number of ketones is 1. The summed E-state index contributed by atoms with van der Waals surface area (Å²) >= 11 is 3.41. The molecule has 2 aliphatic heterocycles. The van der Waals surface area contributed by atoms with E-state index < -0.39 is 12.1 Å². The van der Waals surface area contributed by atoms with Gasteiger partial charge in [0.1, 0.15) is 11.5 Å². The Kier molecular flexibility index (Phi) is 4.85. The molecular weight excluding hydrogens is 412 g/mol. The van der Waals surface area contributed by atoms with Crippen LogP contribution in [0.3, 0.4) is 0 Å². The first-order valence-corrected chi connectivity index (χ1v) is 9.49. The summed E-state index contributed by atoms with van der Waals surface area (Å²) in [4.78, 5) is 24.8. The topological polar surface area (TPSA) is 61.8 Å². The minimum Gasteiger partial charge on any atom is -0.452 e. The monoisotopic (exact) mass is 428 g/mol. The van der Waals surface area contributed by atoms with Gasteiger partial charge in [0.2, 0.25) is 5.78 Å². The lowest BCUT2D eigenvalue weighted by Gasteiger charge is -2.12. The zero-order chi connectivity index (χ0) is 19.0. The second-order valence-electron chi connectivity index (χ2n) is 6.48. The smallest absolute Gasteiger partial charge is 0.340 e. The van der Waals surface area contributed by atoms with Crippen molar-refractivity contribution in [1.82, 2.24) is 0 Å². The zero-order valence-corrected chi connectivity index (χ0v) is 16.2. The predicted octanol–water partition coefficient (Wildman–Crippen LogP) is 4.46. The van der Waals surface area contributed by atoms with Gasteiger partial charge >= 0.3 is 5.97 Å². The summed E-state index contributed by atoms with van der Waals surface area (Å²) in [5.41, 5.74) is 1.93. The second-order valence-corrected chi connectivity index (χ2v) is 7.40. The van der Waals surface area contributed by atoms with Crippen LogP contribution in [0.15, 0.2) is 46.6 Å². The number of halogens is 1. The van der Waals surface area contributed by atoms with E-state index in [0.29, 0.717) is 35.7 Å². The third-order valence-corrected chi connectivity index (χ3v) is 5.08. The molecule has 2 aromatic carbocycles. The predicted molar refractivity (Wildman–Crippen MR) is 103 cm³/mol. The molecule has 0 saturated carbocycles. The van der Waals surface area contributed by atoms with Crippen LogP contribution in [0.25, 0.3) is 6.08 Å². The Morgan fingerprint density at radius 2 is 2.15 bits per heavy atom. The van der Waals surface area contributed by atoms with Crippen LogP contribution in [0.1, 0.15) is 34.3 Å². The van der Waals surface area contributed by atoms with Crippen LogP contribution in [0, 0.1) is 6.92 Å². The average molecular weight is 429 g/mol. The van der Waals surface area contributed by atoms with Crippen molar-refractivity contribution in [2.24, 2.45) is 0 Å². The molecule has 2 aliphatic rings. The molecule has 0 spiro atoms. The van der Waals surface area contributed by atoms with Crippen molar-refractivity contribution in [3.63, 3.8) is 0 Å². The summed E-state index contributed by atoms with van der Waals surface area (Å²) in [6.07, 6.45) is 2.69. The van der Waals surface area contributed by atoms with Gasteiger partial charge in [-0.3, -0.25) is 4.79 Å². The van der Waals surface area contributed by atoms with Crippen molar-refractivity contribution in [3.05, 3.63) is 63.3 Å². The number of carbonyl (C=O) groups is 2. The van der Waals surface area contributed by atoms with Gasteiger partial charge in [-0.25, -0.2) is 4.79 Å². The normalized spacial score (nSPS) is 19.9. The Morgan fingerprint density at radius 1 is 1.30 bits per heavy atom. The number of esters is 1. The molecule has 0 bridgehead atoms. The van der Waals surface area contributed by atoms with E-state index in [1.807, 2.05) is 24.3 Å². The molecule has 2 heterocycles. The average Bonchev–Trinajstić information content (AvgIpc) is 3.28. The standard InChI is InChI=1S/C21H17BrO5/c1-12-16(27-21(24)17-6-3-9-25-17)8-7-15-19(23)18(26-20(12)15)11-13-4-2-5-14(22)10-13/h2,4-5,7-8,10-11,17H,3,6,9H2,1H3/b18-11-. The number of Topliss-reactive ketones (excluding diaryl/α,β-unsaturated/α-hetero) is 1. The molecule has 0 N–H and O–H groups in total. The zero-order valence-electron chi connectivity index (χ0n) is 14.7. The summed E-state index contributed by atoms with van der Waals surface area (Å²) in [5.74, 6) is 0.452. The fraction of sp³-hybridized carbons (Fsp3) is 0.238. The van der Waals surface area contributed by atoms with E-state index in [0.717, 1.165) is 16.5 Å². The van der Waals surface area contributed by atoms with Crippen molar-refractivity contribution < 1.29 is 23.8 Å². The van der Waals surface area contributed by atoms with Crippen molar-refractivity contribution in [3.8, 4) is 11.5 Å². The lowest BCUT2D eigenvalue weighted by Crippen LogP contribution is -2.25. The molecule has 2 aromatic rings. The molecule has 1 fully saturated rings. The van der Waals surface area contributed by atoms with Crippen LogP contribution in [-0.2, 0) is 9.53 Å². The lowest BCUT2D eigenvalue weighted by atomic mass is 10.1. The van der Waals surface area contributed by atoms with Crippen LogP contribution in [-0.4, -0.2) is 24.5 Å². The number of carbonyl (C=O) groups excluding carboxylic acids is 2. The molecule has 1 atom stereocenters. The van der Waals surface area contributed by atoms with Crippen LogP contribution >= 0.6 is 15.9 Å². The minimum atomic E-state index is -0.521. The Labute approximate surface area is 165 Å². The van der Waals surface area contributed by atoms with E-state index in [9.17, 15) is 9.59 Å². The summed E-state index contributed by atoms with van der Waals surface area (Å²) in [7, 11) is 0. The molecule has 1 saturated heterocycles. The molecule has 4 rings (SSSR count). The molecule has 6 heteroatoms. The number of allylic oxidation sites excluding steroid dienone is 1. The van der Waals surface area contributed by atoms with E-state index in [4.69, 9.17) is 14.2 Å². The molecule has 5 nitrogen and oxygen atoms in total. The third-order valence-electron chi connectivity index (χ3n) is 4.59. The number of hydrogen-bond donors (Lipinski definition) is 0. The van der Waals surface area contributed by atoms with Gasteiger partial charge in [-0.1, -0.05) is 28.1 Å². The first kappa shape index (κ1) is 17.9. The summed E-state index contributed by atoms with van der Waals surface area (Å²) in [5, 5.41) is 0. The highest BCUT2D eigenvalue weighted by atomic mass is 79.9. The molecular formula is C21H17BrO5. The van der Waals surface area contributed by atoms with E-state index >= 15 is 0 Å². The van der Waals surface area contributed by atoms with E-state index in [1.54, 1.807) is 25.1 Å². The van der Waals surface area contributed by atoms with Crippen LogP contribution in [0.5, 0.6) is 11.5 Å². The molecule has 27 heavy (non-hydrogen) atoms. The maximum Gasteiger partial charge on any atom is 0.340 e. The fourth-order valence-electron chi connectivity index (χ4n) is 3.16. The van der Waals surface area contributed by atoms with E-state index in [1.165, 1.54) is 0 Å². The second kappa shape index (κ2) is 7.29. The highest BCUT2D eigenvalue weighted by Crippen LogP contribution is 2.39. The van der Waals surface area contributed by atoms with Gasteiger partial charge < -0.3 is 14.2 Å². The van der Waals surface area contributed by atoms with Gasteiger partial charge in [-0.15, -0.1) is 0 Å². The number of rotatable bonds is 3. The maximum absolute atomic E-state index is 12.6. The number of benzene rings is 2. The first-order chi connectivity index (χ1) is 13.0. The molecule has 0 aromatic heterocycles.